The van der Waals surface area contributed by atoms with Crippen molar-refractivity contribution in [3.63, 3.8) is 0 Å². The lowest BCUT2D eigenvalue weighted by atomic mass is 10.2. The van der Waals surface area contributed by atoms with Crippen LogP contribution in [0.2, 0.25) is 5.02 Å². The molecule has 7 nitrogen and oxygen atoms in total. The summed E-state index contributed by atoms with van der Waals surface area (Å²) in [5.41, 5.74) is 0.951. The summed E-state index contributed by atoms with van der Waals surface area (Å²) < 4.78 is 10.2. The van der Waals surface area contributed by atoms with Gasteiger partial charge in [0.25, 0.3) is 5.91 Å². The number of nitrogens with zero attached hydrogens (tertiary/aromatic N) is 4. The van der Waals surface area contributed by atoms with E-state index in [1.165, 1.54) is 11.3 Å². The Kier molecular flexibility index (Phi) is 5.50. The molecule has 0 unspecified atom stereocenters. The first-order valence-corrected chi connectivity index (χ1v) is 8.90. The molecule has 1 aliphatic heterocycles. The monoisotopic (exact) mass is 370 g/mol. The van der Waals surface area contributed by atoms with Crippen LogP contribution < -0.4 is 0 Å². The average molecular weight is 371 g/mol. The molecule has 0 atom stereocenters. The van der Waals surface area contributed by atoms with Crippen LogP contribution in [-0.2, 0) is 17.9 Å². The summed E-state index contributed by atoms with van der Waals surface area (Å²) in [6.07, 6.45) is 0. The number of carbonyl (C=O) groups is 1. The third-order valence-electron chi connectivity index (χ3n) is 3.90. The van der Waals surface area contributed by atoms with E-state index in [0.717, 1.165) is 18.7 Å². The van der Waals surface area contributed by atoms with Gasteiger partial charge in [0.15, 0.2) is 5.82 Å². The molecule has 1 aliphatic rings. The molecule has 1 saturated heterocycles. The molecule has 0 radical (unpaired) electrons. The highest BCUT2D eigenvalue weighted by Crippen LogP contribution is 2.28. The Hall–Kier alpha value is -1.48. The van der Waals surface area contributed by atoms with Gasteiger partial charge in [0.05, 0.1) is 11.6 Å². The van der Waals surface area contributed by atoms with Crippen LogP contribution in [-0.4, -0.2) is 59.1 Å². The second kappa shape index (κ2) is 7.60. The molecule has 0 saturated carbocycles. The fourth-order valence-electron chi connectivity index (χ4n) is 2.56. The van der Waals surface area contributed by atoms with Crippen molar-refractivity contribution in [1.82, 2.24) is 19.9 Å². The normalized spacial score (nSPS) is 15.9. The summed E-state index contributed by atoms with van der Waals surface area (Å²) >= 11 is 7.61. The molecule has 2 aromatic rings. The average Bonchev–Trinajstić information content (AvgIpc) is 3.15. The van der Waals surface area contributed by atoms with Crippen molar-refractivity contribution < 1.29 is 14.1 Å². The van der Waals surface area contributed by atoms with E-state index in [1.54, 1.807) is 7.11 Å². The van der Waals surface area contributed by atoms with Gasteiger partial charge in [-0.3, -0.25) is 9.69 Å². The second-order valence-corrected chi connectivity index (χ2v) is 6.93. The first-order valence-electron chi connectivity index (χ1n) is 7.64. The molecule has 2 aromatic heterocycles. The molecule has 0 bridgehead atoms. The molecule has 3 rings (SSSR count). The summed E-state index contributed by atoms with van der Waals surface area (Å²) in [5, 5.41) is 6.34. The Labute approximate surface area is 149 Å². The summed E-state index contributed by atoms with van der Waals surface area (Å²) in [5.74, 6) is 1.13. The lowest BCUT2D eigenvalue weighted by Gasteiger charge is -2.33. The molecular weight excluding hydrogens is 352 g/mol. The van der Waals surface area contributed by atoms with Gasteiger partial charge in [0.1, 0.15) is 11.5 Å². The molecule has 3 heterocycles. The predicted octanol–water partition coefficient (Wildman–Crippen LogP) is 2.20. The van der Waals surface area contributed by atoms with Gasteiger partial charge in [-0.25, -0.2) is 0 Å². The number of hydrogen-bond donors (Lipinski definition) is 0. The van der Waals surface area contributed by atoms with Crippen LogP contribution in [0.1, 0.15) is 27.0 Å². The predicted molar refractivity (Wildman–Crippen MR) is 90.3 cm³/mol. The van der Waals surface area contributed by atoms with Crippen LogP contribution in [0.15, 0.2) is 9.90 Å². The highest BCUT2D eigenvalue weighted by Gasteiger charge is 2.26. The Morgan fingerprint density at radius 2 is 2.17 bits per heavy atom. The van der Waals surface area contributed by atoms with E-state index in [9.17, 15) is 4.79 Å². The number of thiophene rings is 1. The Balaban J connectivity index is 1.53. The first-order chi connectivity index (χ1) is 11.6. The van der Waals surface area contributed by atoms with Crippen LogP contribution >= 0.6 is 22.9 Å². The number of halogens is 1. The molecule has 0 aliphatic carbocycles. The zero-order valence-electron chi connectivity index (χ0n) is 13.6. The maximum atomic E-state index is 12.6. The zero-order chi connectivity index (χ0) is 17.1. The smallest absolute Gasteiger partial charge is 0.265 e. The minimum absolute atomic E-state index is 0.0120. The number of rotatable bonds is 5. The van der Waals surface area contributed by atoms with Gasteiger partial charge in [-0.05, 0) is 17.9 Å². The van der Waals surface area contributed by atoms with Crippen molar-refractivity contribution in [1.29, 1.82) is 0 Å². The van der Waals surface area contributed by atoms with Crippen molar-refractivity contribution in [2.24, 2.45) is 0 Å². The number of aryl methyl sites for hydroxylation is 1. The van der Waals surface area contributed by atoms with Gasteiger partial charge < -0.3 is 14.2 Å². The largest absolute Gasteiger partial charge is 0.377 e. The molecule has 1 fully saturated rings. The standard InChI is InChI=1S/C15H19ClN4O3S/c1-10-9-24-14(13(10)16)15(21)20-5-3-19(4-6-20)7-12-17-11(8-22-2)18-23-12/h9H,3-8H2,1-2H3. The molecular formula is C15H19ClN4O3S. The molecule has 130 valence electrons. The number of hydrogen-bond acceptors (Lipinski definition) is 7. The van der Waals surface area contributed by atoms with Crippen molar-refractivity contribution in [2.75, 3.05) is 33.3 Å². The maximum Gasteiger partial charge on any atom is 0.265 e. The first kappa shape index (κ1) is 17.3. The fraction of sp³-hybridized carbons (Fsp3) is 0.533. The van der Waals surface area contributed by atoms with Gasteiger partial charge in [0, 0.05) is 33.3 Å². The summed E-state index contributed by atoms with van der Waals surface area (Å²) in [6.45, 7) is 5.67. The van der Waals surface area contributed by atoms with E-state index in [1.807, 2.05) is 17.2 Å². The quantitative estimate of drug-likeness (QED) is 0.803. The molecule has 9 heteroatoms. The third-order valence-corrected chi connectivity index (χ3v) is 5.58. The summed E-state index contributed by atoms with van der Waals surface area (Å²) in [4.78, 5) is 21.5. The lowest BCUT2D eigenvalue weighted by molar-refractivity contribution is 0.0620. The van der Waals surface area contributed by atoms with Crippen LogP contribution in [0.5, 0.6) is 0 Å². The van der Waals surface area contributed by atoms with Crippen LogP contribution in [0, 0.1) is 6.92 Å². The highest BCUT2D eigenvalue weighted by atomic mass is 35.5. The van der Waals surface area contributed by atoms with Crippen LogP contribution in [0.4, 0.5) is 0 Å². The van der Waals surface area contributed by atoms with Crippen LogP contribution in [0.25, 0.3) is 0 Å². The van der Waals surface area contributed by atoms with Crippen molar-refractivity contribution in [2.45, 2.75) is 20.1 Å². The number of aromatic nitrogens is 2. The Morgan fingerprint density at radius 1 is 1.42 bits per heavy atom. The SMILES string of the molecule is COCc1noc(CN2CCN(C(=O)c3scc(C)c3Cl)CC2)n1. The summed E-state index contributed by atoms with van der Waals surface area (Å²) in [7, 11) is 1.59. The minimum Gasteiger partial charge on any atom is -0.377 e. The number of ether oxygens (including phenoxy) is 1. The van der Waals surface area contributed by atoms with E-state index in [2.05, 4.69) is 15.0 Å². The van der Waals surface area contributed by atoms with Gasteiger partial charge in [-0.2, -0.15) is 4.98 Å². The highest BCUT2D eigenvalue weighted by molar-refractivity contribution is 7.13. The van der Waals surface area contributed by atoms with Crippen molar-refractivity contribution >= 4 is 28.8 Å². The molecule has 0 N–H and O–H groups in total. The number of methoxy groups -OCH3 is 1. The van der Waals surface area contributed by atoms with Gasteiger partial charge >= 0.3 is 0 Å². The minimum atomic E-state index is 0.0120. The number of piperazine rings is 1. The fourth-order valence-corrected chi connectivity index (χ4v) is 3.80. The molecule has 0 spiro atoms. The maximum absolute atomic E-state index is 12.6. The summed E-state index contributed by atoms with van der Waals surface area (Å²) in [6, 6.07) is 0. The molecule has 1 amide bonds. The zero-order valence-corrected chi connectivity index (χ0v) is 15.2. The van der Waals surface area contributed by atoms with Crippen molar-refractivity contribution in [3.05, 3.63) is 32.6 Å². The van der Waals surface area contributed by atoms with E-state index in [0.29, 0.717) is 47.9 Å². The lowest BCUT2D eigenvalue weighted by Crippen LogP contribution is -2.48. The van der Waals surface area contributed by atoms with E-state index in [-0.39, 0.29) is 5.91 Å². The van der Waals surface area contributed by atoms with E-state index >= 15 is 0 Å². The topological polar surface area (TPSA) is 71.7 Å². The molecule has 24 heavy (non-hydrogen) atoms. The Morgan fingerprint density at radius 3 is 2.79 bits per heavy atom. The third kappa shape index (κ3) is 3.77. The van der Waals surface area contributed by atoms with E-state index < -0.39 is 0 Å². The molecule has 0 aromatic carbocycles. The van der Waals surface area contributed by atoms with Gasteiger partial charge in [0.2, 0.25) is 5.89 Å². The second-order valence-electron chi connectivity index (χ2n) is 5.67. The number of amides is 1. The van der Waals surface area contributed by atoms with Crippen LogP contribution in [0.3, 0.4) is 0 Å². The van der Waals surface area contributed by atoms with Gasteiger partial charge in [-0.15, -0.1) is 11.3 Å². The van der Waals surface area contributed by atoms with Gasteiger partial charge in [-0.1, -0.05) is 16.8 Å². The van der Waals surface area contributed by atoms with Crippen molar-refractivity contribution in [3.8, 4) is 0 Å². The number of carbonyl (C=O) groups excluding carboxylic acids is 1. The van der Waals surface area contributed by atoms with E-state index in [4.69, 9.17) is 20.9 Å². The Bertz CT molecular complexity index is 709.